The quantitative estimate of drug-likeness (QED) is 0.684. The highest BCUT2D eigenvalue weighted by atomic mass is 32.1. The van der Waals surface area contributed by atoms with Gasteiger partial charge in [0.15, 0.2) is 0 Å². The highest BCUT2D eigenvalue weighted by Gasteiger charge is 2.32. The SMILES string of the molecule is C=C1c2ccccc2C(=O)N1CC(=O)Nc1nnc(-c2ccc(C(C)C)cc2)s1. The van der Waals surface area contributed by atoms with E-state index in [0.29, 0.717) is 22.3 Å². The second-order valence-corrected chi connectivity index (χ2v) is 8.10. The molecular formula is C22H20N4O2S. The lowest BCUT2D eigenvalue weighted by Crippen LogP contribution is -2.32. The molecule has 1 aliphatic rings. The molecule has 6 nitrogen and oxygen atoms in total. The summed E-state index contributed by atoms with van der Waals surface area (Å²) in [7, 11) is 0. The Labute approximate surface area is 172 Å². The highest BCUT2D eigenvalue weighted by molar-refractivity contribution is 7.18. The molecule has 2 amide bonds. The van der Waals surface area contributed by atoms with Crippen molar-refractivity contribution in [2.45, 2.75) is 19.8 Å². The summed E-state index contributed by atoms with van der Waals surface area (Å²) < 4.78 is 0. The van der Waals surface area contributed by atoms with Gasteiger partial charge in [0.1, 0.15) is 11.6 Å². The van der Waals surface area contributed by atoms with E-state index in [-0.39, 0.29) is 18.4 Å². The van der Waals surface area contributed by atoms with Crippen LogP contribution in [0.15, 0.2) is 55.1 Å². The summed E-state index contributed by atoms with van der Waals surface area (Å²) in [6.07, 6.45) is 0. The van der Waals surface area contributed by atoms with Crippen LogP contribution in [0.5, 0.6) is 0 Å². The predicted octanol–water partition coefficient (Wildman–Crippen LogP) is 4.39. The minimum atomic E-state index is -0.342. The number of hydrogen-bond acceptors (Lipinski definition) is 5. The number of fused-ring (bicyclic) bond motifs is 1. The molecule has 0 saturated heterocycles. The summed E-state index contributed by atoms with van der Waals surface area (Å²) in [4.78, 5) is 26.4. The Morgan fingerprint density at radius 1 is 1.10 bits per heavy atom. The van der Waals surface area contributed by atoms with Crippen LogP contribution in [-0.2, 0) is 4.79 Å². The molecule has 0 aliphatic carbocycles. The molecule has 0 atom stereocenters. The van der Waals surface area contributed by atoms with Crippen LogP contribution in [0, 0.1) is 0 Å². The van der Waals surface area contributed by atoms with Gasteiger partial charge >= 0.3 is 0 Å². The standard InChI is InChI=1S/C22H20N4O2S/c1-13(2)15-8-10-16(11-9-15)20-24-25-22(29-20)23-19(27)12-26-14(3)17-6-4-5-7-18(17)21(26)28/h4-11,13H,3,12H2,1-2H3,(H,23,25,27). The van der Waals surface area contributed by atoms with Crippen LogP contribution in [0.4, 0.5) is 5.13 Å². The van der Waals surface area contributed by atoms with E-state index in [1.807, 2.05) is 24.3 Å². The number of anilines is 1. The van der Waals surface area contributed by atoms with Gasteiger partial charge in [0.2, 0.25) is 11.0 Å². The van der Waals surface area contributed by atoms with Gasteiger partial charge in [-0.05, 0) is 17.5 Å². The highest BCUT2D eigenvalue weighted by Crippen LogP contribution is 2.31. The Kier molecular flexibility index (Phi) is 4.98. The van der Waals surface area contributed by atoms with Crippen molar-refractivity contribution >= 4 is 34.0 Å². The first-order valence-electron chi connectivity index (χ1n) is 9.28. The van der Waals surface area contributed by atoms with Crippen molar-refractivity contribution in [1.82, 2.24) is 15.1 Å². The van der Waals surface area contributed by atoms with E-state index >= 15 is 0 Å². The summed E-state index contributed by atoms with van der Waals surface area (Å²) in [5.74, 6) is -0.100. The van der Waals surface area contributed by atoms with Gasteiger partial charge in [-0.3, -0.25) is 19.8 Å². The van der Waals surface area contributed by atoms with Crippen molar-refractivity contribution in [2.75, 3.05) is 11.9 Å². The van der Waals surface area contributed by atoms with Crippen LogP contribution >= 0.6 is 11.3 Å². The topological polar surface area (TPSA) is 75.2 Å². The second kappa shape index (κ2) is 7.60. The van der Waals surface area contributed by atoms with Crippen LogP contribution < -0.4 is 5.32 Å². The van der Waals surface area contributed by atoms with Gasteiger partial charge in [-0.2, -0.15) is 0 Å². The molecule has 0 radical (unpaired) electrons. The first kappa shape index (κ1) is 19.0. The minimum absolute atomic E-state index is 0.121. The Hall–Kier alpha value is -3.32. The third-order valence-corrected chi connectivity index (χ3v) is 5.72. The fourth-order valence-corrected chi connectivity index (χ4v) is 3.97. The average molecular weight is 404 g/mol. The Bertz CT molecular complexity index is 1070. The number of aromatic nitrogens is 2. The summed E-state index contributed by atoms with van der Waals surface area (Å²) in [6.45, 7) is 8.12. The van der Waals surface area contributed by atoms with Crippen LogP contribution in [0.3, 0.4) is 0 Å². The van der Waals surface area contributed by atoms with E-state index in [9.17, 15) is 9.59 Å². The van der Waals surface area contributed by atoms with Crippen LogP contribution in [0.25, 0.3) is 16.3 Å². The zero-order valence-electron chi connectivity index (χ0n) is 16.2. The van der Waals surface area contributed by atoms with E-state index in [0.717, 1.165) is 16.1 Å². The number of nitrogens with one attached hydrogen (secondary N) is 1. The zero-order chi connectivity index (χ0) is 20.5. The number of rotatable bonds is 5. The van der Waals surface area contributed by atoms with E-state index in [1.54, 1.807) is 12.1 Å². The van der Waals surface area contributed by atoms with Crippen molar-refractivity contribution in [2.24, 2.45) is 0 Å². The van der Waals surface area contributed by atoms with Gasteiger partial charge in [0.25, 0.3) is 5.91 Å². The molecule has 0 bridgehead atoms. The van der Waals surface area contributed by atoms with Crippen molar-refractivity contribution in [1.29, 1.82) is 0 Å². The van der Waals surface area contributed by atoms with E-state index in [2.05, 4.69) is 48.1 Å². The van der Waals surface area contributed by atoms with Gasteiger partial charge in [0, 0.05) is 22.4 Å². The number of benzene rings is 2. The van der Waals surface area contributed by atoms with Crippen LogP contribution in [-0.4, -0.2) is 33.5 Å². The zero-order valence-corrected chi connectivity index (χ0v) is 17.0. The number of carbonyl (C=O) groups is 2. The maximum Gasteiger partial charge on any atom is 0.259 e. The predicted molar refractivity (Wildman–Crippen MR) is 115 cm³/mol. The van der Waals surface area contributed by atoms with Gasteiger partial charge in [-0.15, -0.1) is 10.2 Å². The maximum absolute atomic E-state index is 12.5. The smallest absolute Gasteiger partial charge is 0.259 e. The number of nitrogens with zero attached hydrogens (tertiary/aromatic N) is 3. The molecule has 29 heavy (non-hydrogen) atoms. The lowest BCUT2D eigenvalue weighted by molar-refractivity contribution is -0.116. The fourth-order valence-electron chi connectivity index (χ4n) is 3.21. The molecule has 0 unspecified atom stereocenters. The number of amides is 2. The third-order valence-electron chi connectivity index (χ3n) is 4.84. The molecule has 7 heteroatoms. The molecular weight excluding hydrogens is 384 g/mol. The molecule has 146 valence electrons. The molecule has 2 heterocycles. The van der Waals surface area contributed by atoms with Crippen molar-refractivity contribution in [3.8, 4) is 10.6 Å². The first-order valence-corrected chi connectivity index (χ1v) is 10.1. The second-order valence-electron chi connectivity index (χ2n) is 7.12. The molecule has 4 rings (SSSR count). The van der Waals surface area contributed by atoms with Crippen LogP contribution in [0.2, 0.25) is 0 Å². The normalized spacial score (nSPS) is 13.1. The van der Waals surface area contributed by atoms with Crippen molar-refractivity contribution in [3.05, 3.63) is 71.8 Å². The minimum Gasteiger partial charge on any atom is -0.299 e. The van der Waals surface area contributed by atoms with E-state index in [1.165, 1.54) is 21.8 Å². The first-order chi connectivity index (χ1) is 13.9. The largest absolute Gasteiger partial charge is 0.299 e. The monoisotopic (exact) mass is 404 g/mol. The lowest BCUT2D eigenvalue weighted by Gasteiger charge is -2.16. The molecule has 2 aromatic carbocycles. The molecule has 0 saturated carbocycles. The van der Waals surface area contributed by atoms with Crippen molar-refractivity contribution in [3.63, 3.8) is 0 Å². The Balaban J connectivity index is 1.42. The van der Waals surface area contributed by atoms with Gasteiger partial charge < -0.3 is 0 Å². The molecule has 0 fully saturated rings. The maximum atomic E-state index is 12.5. The van der Waals surface area contributed by atoms with E-state index < -0.39 is 0 Å². The summed E-state index contributed by atoms with van der Waals surface area (Å²) in [5, 5.41) is 12.1. The fraction of sp³-hybridized carbons (Fsp3) is 0.182. The summed E-state index contributed by atoms with van der Waals surface area (Å²) in [5.41, 5.74) is 4.06. The molecule has 1 N–H and O–H groups in total. The number of hydrogen-bond donors (Lipinski definition) is 1. The lowest BCUT2D eigenvalue weighted by atomic mass is 10.0. The summed E-state index contributed by atoms with van der Waals surface area (Å²) >= 11 is 1.30. The van der Waals surface area contributed by atoms with Gasteiger partial charge in [-0.25, -0.2) is 0 Å². The number of carbonyl (C=O) groups excluding carboxylic acids is 2. The Morgan fingerprint density at radius 3 is 2.45 bits per heavy atom. The molecule has 1 aliphatic heterocycles. The third kappa shape index (κ3) is 3.69. The van der Waals surface area contributed by atoms with Crippen molar-refractivity contribution < 1.29 is 9.59 Å². The Morgan fingerprint density at radius 2 is 1.79 bits per heavy atom. The van der Waals surface area contributed by atoms with Gasteiger partial charge in [0.05, 0.1) is 0 Å². The van der Waals surface area contributed by atoms with Crippen LogP contribution in [0.1, 0.15) is 41.3 Å². The summed E-state index contributed by atoms with van der Waals surface area (Å²) in [6, 6.07) is 15.4. The molecule has 3 aromatic rings. The molecule has 0 spiro atoms. The average Bonchev–Trinajstić information content (AvgIpc) is 3.27. The van der Waals surface area contributed by atoms with Gasteiger partial charge in [-0.1, -0.05) is 74.2 Å². The molecule has 1 aromatic heterocycles. The van der Waals surface area contributed by atoms with E-state index in [4.69, 9.17) is 0 Å².